The molecule has 0 N–H and O–H groups in total. The minimum Gasteiger partial charge on any atom is -0.465 e. The topological polar surface area (TPSA) is 51.5 Å². The van der Waals surface area contributed by atoms with Gasteiger partial charge in [-0.05, 0) is 13.0 Å². The van der Waals surface area contributed by atoms with Gasteiger partial charge in [0.1, 0.15) is 0 Å². The largest absolute Gasteiger partial charge is 0.465 e. The monoisotopic (exact) mass is 430 g/mol. The molecule has 0 saturated heterocycles. The molecular weight excluding hydrogens is 396 g/mol. The fourth-order valence-corrected chi connectivity index (χ4v) is 18.1. The van der Waals surface area contributed by atoms with Gasteiger partial charge in [-0.3, -0.25) is 9.59 Å². The second kappa shape index (κ2) is 7.43. The van der Waals surface area contributed by atoms with E-state index in [1.54, 1.807) is 6.92 Å². The number of hydrogen-bond acceptors (Lipinski definition) is 3. The number of rotatable bonds is 5. The summed E-state index contributed by atoms with van der Waals surface area (Å²) in [6, 6.07) is 8.03. The first-order chi connectivity index (χ1) is 13.4. The molecule has 1 unspecified atom stereocenters. The van der Waals surface area contributed by atoms with E-state index in [4.69, 9.17) is 4.74 Å². The molecule has 2 aromatic rings. The number of fused-ring (bicyclic) bond motifs is 3. The highest BCUT2D eigenvalue weighted by molar-refractivity contribution is 6.96. The van der Waals surface area contributed by atoms with Gasteiger partial charge in [0.2, 0.25) is 5.91 Å². The van der Waals surface area contributed by atoms with Crippen LogP contribution in [0.2, 0.25) is 39.3 Å². The van der Waals surface area contributed by atoms with Gasteiger partial charge in [0.05, 0.1) is 29.3 Å². The first kappa shape index (κ1) is 21.8. The van der Waals surface area contributed by atoms with Crippen LogP contribution < -0.4 is 0 Å². The van der Waals surface area contributed by atoms with Crippen LogP contribution in [0.4, 0.5) is 0 Å². The number of aryl methyl sites for hydroxylation is 1. The van der Waals surface area contributed by atoms with E-state index in [-0.39, 0.29) is 17.8 Å². The van der Waals surface area contributed by atoms with Crippen LogP contribution in [0.15, 0.2) is 24.3 Å². The summed E-state index contributed by atoms with van der Waals surface area (Å²) in [5, 5.41) is 1.22. The van der Waals surface area contributed by atoms with E-state index in [2.05, 4.69) is 49.9 Å². The third-order valence-electron chi connectivity index (χ3n) is 5.88. The Hall–Kier alpha value is -1.87. The zero-order chi connectivity index (χ0) is 21.7. The van der Waals surface area contributed by atoms with Gasteiger partial charge in [-0.15, -0.1) is 0 Å². The lowest BCUT2D eigenvalue weighted by Gasteiger charge is -2.48. The van der Waals surface area contributed by atoms with Crippen molar-refractivity contribution < 1.29 is 14.3 Å². The fraction of sp³-hybridized carbons (Fsp3) is 0.545. The normalized spacial score (nSPS) is 17.8. The van der Waals surface area contributed by atoms with Crippen molar-refractivity contribution in [1.82, 2.24) is 9.47 Å². The van der Waals surface area contributed by atoms with E-state index in [1.807, 2.05) is 30.1 Å². The molecule has 3 rings (SSSR count). The van der Waals surface area contributed by atoms with E-state index in [1.165, 1.54) is 0 Å². The van der Waals surface area contributed by atoms with Crippen molar-refractivity contribution in [3.63, 3.8) is 0 Å². The molecule has 5 nitrogen and oxygen atoms in total. The number of benzene rings is 1. The molecule has 0 aliphatic carbocycles. The Morgan fingerprint density at radius 3 is 2.28 bits per heavy atom. The quantitative estimate of drug-likeness (QED) is 0.404. The van der Waals surface area contributed by atoms with Gasteiger partial charge in [-0.1, -0.05) is 57.5 Å². The second-order valence-corrected chi connectivity index (χ2v) is 21.4. The van der Waals surface area contributed by atoms with Crippen molar-refractivity contribution in [2.45, 2.75) is 64.0 Å². The van der Waals surface area contributed by atoms with E-state index in [9.17, 15) is 9.59 Å². The van der Waals surface area contributed by atoms with Gasteiger partial charge in [0, 0.05) is 34.5 Å². The number of para-hydroxylation sites is 1. The Balaban J connectivity index is 2.26. The molecule has 0 saturated carbocycles. The molecule has 29 heavy (non-hydrogen) atoms. The van der Waals surface area contributed by atoms with Crippen LogP contribution in [0.25, 0.3) is 10.9 Å². The smallest absolute Gasteiger partial charge is 0.323 e. The summed E-state index contributed by atoms with van der Waals surface area (Å²) in [5.74, 6) is -1.38. The second-order valence-electron chi connectivity index (χ2n) is 10.2. The molecule has 1 aliphatic rings. The van der Waals surface area contributed by atoms with E-state index >= 15 is 0 Å². The molecule has 0 radical (unpaired) electrons. The Labute approximate surface area is 176 Å². The van der Waals surface area contributed by atoms with E-state index < -0.39 is 28.0 Å². The number of carbonyl (C=O) groups is 2. The van der Waals surface area contributed by atoms with Gasteiger partial charge >= 0.3 is 5.97 Å². The molecule has 1 aromatic carbocycles. The van der Waals surface area contributed by atoms with Crippen LogP contribution in [0.1, 0.15) is 24.1 Å². The van der Waals surface area contributed by atoms with Gasteiger partial charge in [-0.2, -0.15) is 0 Å². The van der Waals surface area contributed by atoms with Crippen LogP contribution in [0.5, 0.6) is 0 Å². The number of nitrogens with zero attached hydrogens (tertiary/aromatic N) is 2. The van der Waals surface area contributed by atoms with Crippen molar-refractivity contribution in [3.8, 4) is 0 Å². The Kier molecular flexibility index (Phi) is 5.59. The van der Waals surface area contributed by atoms with Gasteiger partial charge in [0.15, 0.2) is 5.92 Å². The summed E-state index contributed by atoms with van der Waals surface area (Å²) in [6.07, 6.45) is 0. The van der Waals surface area contributed by atoms with Crippen LogP contribution >= 0.6 is 0 Å². The molecule has 1 atom stereocenters. The van der Waals surface area contributed by atoms with Crippen LogP contribution in [0, 0.1) is 0 Å². The number of carbonyl (C=O) groups excluding carboxylic acids is 2. The first-order valence-electron chi connectivity index (χ1n) is 10.4. The van der Waals surface area contributed by atoms with Crippen molar-refractivity contribution in [3.05, 3.63) is 35.5 Å². The maximum absolute atomic E-state index is 13.9. The Morgan fingerprint density at radius 2 is 1.72 bits per heavy atom. The fourth-order valence-electron chi connectivity index (χ4n) is 5.41. The molecule has 1 aromatic heterocycles. The summed E-state index contributed by atoms with van der Waals surface area (Å²) < 4.78 is 7.55. The van der Waals surface area contributed by atoms with Crippen molar-refractivity contribution >= 4 is 38.9 Å². The lowest BCUT2D eigenvalue weighted by atomic mass is 9.91. The van der Waals surface area contributed by atoms with Crippen LogP contribution in [-0.2, 0) is 27.9 Å². The number of hydrogen-bond donors (Lipinski definition) is 0. The lowest BCUT2D eigenvalue weighted by Crippen LogP contribution is -2.66. The summed E-state index contributed by atoms with van der Waals surface area (Å²) >= 11 is 0. The Bertz CT molecular complexity index is 939. The molecule has 1 aliphatic heterocycles. The van der Waals surface area contributed by atoms with Crippen LogP contribution in [0.3, 0.4) is 0 Å². The molecule has 7 heteroatoms. The first-order valence-corrected chi connectivity index (χ1v) is 17.6. The highest BCUT2D eigenvalue weighted by Crippen LogP contribution is 2.40. The average Bonchev–Trinajstić information content (AvgIpc) is 2.86. The number of ether oxygens (including phenoxy) is 1. The lowest BCUT2D eigenvalue weighted by molar-refractivity contribution is -0.152. The van der Waals surface area contributed by atoms with Crippen LogP contribution in [-0.4, -0.2) is 49.4 Å². The minimum absolute atomic E-state index is 0.0813. The summed E-state index contributed by atoms with van der Waals surface area (Å²) in [7, 11) is -1.38. The predicted octanol–water partition coefficient (Wildman–Crippen LogP) is 4.29. The van der Waals surface area contributed by atoms with Crippen molar-refractivity contribution in [2.75, 3.05) is 6.61 Å². The summed E-state index contributed by atoms with van der Waals surface area (Å²) in [4.78, 5) is 28.9. The molecule has 2 heterocycles. The summed E-state index contributed by atoms with van der Waals surface area (Å²) in [6.45, 7) is 16.6. The Morgan fingerprint density at radius 1 is 1.14 bits per heavy atom. The summed E-state index contributed by atoms with van der Waals surface area (Å²) in [5.41, 5.74) is 2.96. The number of aromatic nitrogens is 1. The maximum atomic E-state index is 13.9. The molecular formula is C22H34N2O3Si2. The standard InChI is InChI=1S/C22H34N2O3Si2/c1-9-27-21(26)19-18-15-12-10-11-13-16(15)23(2)17(18)14-24(20(19)25)22(28(3,4)5)29(6,7)8/h10-13,19,22H,9,14H2,1-8H3. The molecule has 0 spiro atoms. The van der Waals surface area contributed by atoms with Crippen molar-refractivity contribution in [2.24, 2.45) is 7.05 Å². The molecule has 158 valence electrons. The SMILES string of the molecule is CCOC(=O)C1C(=O)N(C([Si](C)(C)C)[Si](C)(C)C)Cc2c1c1ccccc1n2C. The average molecular weight is 431 g/mol. The predicted molar refractivity (Wildman–Crippen MR) is 123 cm³/mol. The third kappa shape index (κ3) is 3.70. The number of amides is 1. The zero-order valence-corrected chi connectivity index (χ0v) is 21.0. The van der Waals surface area contributed by atoms with Crippen molar-refractivity contribution in [1.29, 1.82) is 0 Å². The van der Waals surface area contributed by atoms with E-state index in [0.29, 0.717) is 6.54 Å². The van der Waals surface area contributed by atoms with Gasteiger partial charge < -0.3 is 14.2 Å². The minimum atomic E-state index is -1.71. The van der Waals surface area contributed by atoms with Gasteiger partial charge in [-0.25, -0.2) is 0 Å². The molecule has 0 fully saturated rings. The highest BCUT2D eigenvalue weighted by atomic mass is 28.4. The zero-order valence-electron chi connectivity index (χ0n) is 19.0. The molecule has 0 bridgehead atoms. The van der Waals surface area contributed by atoms with E-state index in [0.717, 1.165) is 22.2 Å². The molecule has 1 amide bonds. The third-order valence-corrected chi connectivity index (χ3v) is 15.0. The maximum Gasteiger partial charge on any atom is 0.323 e. The number of esters is 1. The highest BCUT2D eigenvalue weighted by Gasteiger charge is 2.50. The van der Waals surface area contributed by atoms with Gasteiger partial charge in [0.25, 0.3) is 0 Å².